The minimum atomic E-state index is -0.332. The van der Waals surface area contributed by atoms with Gasteiger partial charge in [-0.05, 0) is 61.2 Å². The summed E-state index contributed by atoms with van der Waals surface area (Å²) in [5.74, 6) is -0.742. The van der Waals surface area contributed by atoms with Crippen LogP contribution in [0.5, 0.6) is 0 Å². The molecule has 4 rings (SSSR count). The minimum Gasteiger partial charge on any atom is -0.376 e. The van der Waals surface area contributed by atoms with Crippen LogP contribution < -0.4 is 0 Å². The zero-order chi connectivity index (χ0) is 20.4. The molecule has 1 saturated heterocycles. The van der Waals surface area contributed by atoms with E-state index in [-0.39, 0.29) is 30.1 Å². The summed E-state index contributed by atoms with van der Waals surface area (Å²) < 4.78 is 33.1. The molecule has 1 aromatic heterocycles. The van der Waals surface area contributed by atoms with Gasteiger partial charge in [0.1, 0.15) is 11.6 Å². The van der Waals surface area contributed by atoms with E-state index in [4.69, 9.17) is 4.74 Å². The molecular weight excluding hydrogens is 374 g/mol. The Morgan fingerprint density at radius 2 is 2.03 bits per heavy atom. The second-order valence-electron chi connectivity index (χ2n) is 7.63. The molecule has 1 atom stereocenters. The number of halogens is 2. The van der Waals surface area contributed by atoms with Crippen molar-refractivity contribution >= 4 is 16.8 Å². The summed E-state index contributed by atoms with van der Waals surface area (Å²) in [7, 11) is 0. The van der Waals surface area contributed by atoms with E-state index >= 15 is 0 Å². The van der Waals surface area contributed by atoms with Gasteiger partial charge in [-0.2, -0.15) is 0 Å². The van der Waals surface area contributed by atoms with Crippen LogP contribution in [-0.4, -0.2) is 35.0 Å². The molecule has 29 heavy (non-hydrogen) atoms. The summed E-state index contributed by atoms with van der Waals surface area (Å²) in [4.78, 5) is 18.2. The molecular formula is C23H24F2N2O2. The standard InChI is InChI=1S/C23H24F2N2O2/c1-15-20(21-11-18(25)7-8-22(21)26-15)12-23(28)27(14-19-6-3-9-29-19)13-16-4-2-5-17(24)10-16/h2,4-5,7-8,10-11,19,26H,3,6,9,12-14H2,1H3. The molecule has 0 spiro atoms. The highest BCUT2D eigenvalue weighted by atomic mass is 19.1. The van der Waals surface area contributed by atoms with E-state index < -0.39 is 0 Å². The van der Waals surface area contributed by atoms with Gasteiger partial charge in [0.05, 0.1) is 12.5 Å². The smallest absolute Gasteiger partial charge is 0.227 e. The van der Waals surface area contributed by atoms with Crippen LogP contribution >= 0.6 is 0 Å². The summed E-state index contributed by atoms with van der Waals surface area (Å²) in [5, 5.41) is 0.721. The lowest BCUT2D eigenvalue weighted by Gasteiger charge is -2.26. The Morgan fingerprint density at radius 3 is 2.79 bits per heavy atom. The Labute approximate surface area is 168 Å². The number of nitrogens with one attached hydrogen (secondary N) is 1. The average molecular weight is 398 g/mol. The number of aromatic nitrogens is 1. The normalized spacial score (nSPS) is 16.4. The third-order valence-corrected chi connectivity index (χ3v) is 5.47. The third kappa shape index (κ3) is 4.48. The molecule has 152 valence electrons. The molecule has 6 heteroatoms. The predicted molar refractivity (Wildman–Crippen MR) is 107 cm³/mol. The second-order valence-corrected chi connectivity index (χ2v) is 7.63. The number of hydrogen-bond acceptors (Lipinski definition) is 2. The molecule has 1 unspecified atom stereocenters. The number of rotatable bonds is 6. The molecule has 4 nitrogen and oxygen atoms in total. The first-order valence-corrected chi connectivity index (χ1v) is 9.90. The lowest BCUT2D eigenvalue weighted by atomic mass is 10.1. The average Bonchev–Trinajstić information content (AvgIpc) is 3.30. The van der Waals surface area contributed by atoms with E-state index in [0.29, 0.717) is 19.7 Å². The Bertz CT molecular complexity index is 1020. The van der Waals surface area contributed by atoms with Gasteiger partial charge in [0.2, 0.25) is 5.91 Å². The largest absolute Gasteiger partial charge is 0.376 e. The van der Waals surface area contributed by atoms with Crippen molar-refractivity contribution < 1.29 is 18.3 Å². The van der Waals surface area contributed by atoms with Crippen molar-refractivity contribution in [2.24, 2.45) is 0 Å². The van der Waals surface area contributed by atoms with E-state index in [1.165, 1.54) is 24.3 Å². The molecule has 0 bridgehead atoms. The number of benzene rings is 2. The van der Waals surface area contributed by atoms with Crippen LogP contribution in [0, 0.1) is 18.6 Å². The topological polar surface area (TPSA) is 45.3 Å². The molecule has 0 radical (unpaired) electrons. The van der Waals surface area contributed by atoms with Gasteiger partial charge < -0.3 is 14.6 Å². The first-order chi connectivity index (χ1) is 14.0. The number of ether oxygens (including phenoxy) is 1. The minimum absolute atomic E-state index is 0.00554. The lowest BCUT2D eigenvalue weighted by molar-refractivity contribution is -0.132. The number of fused-ring (bicyclic) bond motifs is 1. The van der Waals surface area contributed by atoms with Crippen molar-refractivity contribution in [3.8, 4) is 0 Å². The number of H-pyrrole nitrogens is 1. The number of aromatic amines is 1. The molecule has 1 amide bonds. The van der Waals surface area contributed by atoms with Crippen LogP contribution in [0.15, 0.2) is 42.5 Å². The fraction of sp³-hybridized carbons (Fsp3) is 0.348. The monoisotopic (exact) mass is 398 g/mol. The summed E-state index contributed by atoms with van der Waals surface area (Å²) in [6, 6.07) is 10.8. The van der Waals surface area contributed by atoms with E-state index in [0.717, 1.165) is 40.6 Å². The number of carbonyl (C=O) groups excluding carboxylic acids is 1. The van der Waals surface area contributed by atoms with Gasteiger partial charge >= 0.3 is 0 Å². The van der Waals surface area contributed by atoms with Crippen LogP contribution in [0.2, 0.25) is 0 Å². The number of amides is 1. The maximum Gasteiger partial charge on any atom is 0.227 e. The number of carbonyl (C=O) groups is 1. The third-order valence-electron chi connectivity index (χ3n) is 5.47. The highest BCUT2D eigenvalue weighted by Crippen LogP contribution is 2.25. The summed E-state index contributed by atoms with van der Waals surface area (Å²) >= 11 is 0. The SMILES string of the molecule is Cc1[nH]c2ccc(F)cc2c1CC(=O)N(Cc1cccc(F)c1)CC1CCCO1. The summed E-state index contributed by atoms with van der Waals surface area (Å²) in [6.07, 6.45) is 2.03. The van der Waals surface area contributed by atoms with Crippen LogP contribution in [0.1, 0.15) is 29.7 Å². The summed E-state index contributed by atoms with van der Waals surface area (Å²) in [6.45, 7) is 3.36. The molecule has 3 aromatic rings. The lowest BCUT2D eigenvalue weighted by Crippen LogP contribution is -2.38. The highest BCUT2D eigenvalue weighted by Gasteiger charge is 2.24. The molecule has 0 aliphatic carbocycles. The van der Waals surface area contributed by atoms with Crippen molar-refractivity contribution in [3.63, 3.8) is 0 Å². The quantitative estimate of drug-likeness (QED) is 0.664. The number of aryl methyl sites for hydroxylation is 1. The molecule has 2 heterocycles. The Balaban J connectivity index is 1.59. The van der Waals surface area contributed by atoms with Gasteiger partial charge in [0.25, 0.3) is 0 Å². The van der Waals surface area contributed by atoms with Gasteiger partial charge in [-0.15, -0.1) is 0 Å². The molecule has 1 aliphatic rings. The zero-order valence-electron chi connectivity index (χ0n) is 16.4. The number of hydrogen-bond donors (Lipinski definition) is 1. The summed E-state index contributed by atoms with van der Waals surface area (Å²) in [5.41, 5.74) is 3.18. The van der Waals surface area contributed by atoms with Gasteiger partial charge in [0.15, 0.2) is 0 Å². The molecule has 1 fully saturated rings. The maximum atomic E-state index is 13.8. The van der Waals surface area contributed by atoms with Crippen LogP contribution in [0.3, 0.4) is 0 Å². The van der Waals surface area contributed by atoms with Crippen LogP contribution in [0.4, 0.5) is 8.78 Å². The van der Waals surface area contributed by atoms with E-state index in [1.807, 2.05) is 13.0 Å². The van der Waals surface area contributed by atoms with E-state index in [2.05, 4.69) is 4.98 Å². The van der Waals surface area contributed by atoms with Gasteiger partial charge in [-0.3, -0.25) is 4.79 Å². The molecule has 1 aliphatic heterocycles. The first kappa shape index (κ1) is 19.6. The van der Waals surface area contributed by atoms with Gasteiger partial charge in [0, 0.05) is 36.3 Å². The maximum absolute atomic E-state index is 13.8. The van der Waals surface area contributed by atoms with Gasteiger partial charge in [-0.1, -0.05) is 12.1 Å². The van der Waals surface area contributed by atoms with Crippen molar-refractivity contribution in [1.29, 1.82) is 0 Å². The van der Waals surface area contributed by atoms with Crippen molar-refractivity contribution in [3.05, 3.63) is 70.9 Å². The fourth-order valence-corrected chi connectivity index (χ4v) is 3.99. The molecule has 0 saturated carbocycles. The highest BCUT2D eigenvalue weighted by molar-refractivity contribution is 5.90. The van der Waals surface area contributed by atoms with Crippen molar-refractivity contribution in [1.82, 2.24) is 9.88 Å². The molecule has 2 aromatic carbocycles. The first-order valence-electron chi connectivity index (χ1n) is 9.90. The Kier molecular flexibility index (Phi) is 5.62. The van der Waals surface area contributed by atoms with E-state index in [9.17, 15) is 13.6 Å². The van der Waals surface area contributed by atoms with Crippen LogP contribution in [0.25, 0.3) is 10.9 Å². The van der Waals surface area contributed by atoms with Gasteiger partial charge in [-0.25, -0.2) is 8.78 Å². The second kappa shape index (κ2) is 8.33. The van der Waals surface area contributed by atoms with Crippen molar-refractivity contribution in [2.45, 2.75) is 38.8 Å². The van der Waals surface area contributed by atoms with Crippen molar-refractivity contribution in [2.75, 3.05) is 13.2 Å². The Morgan fingerprint density at radius 1 is 1.21 bits per heavy atom. The predicted octanol–water partition coefficient (Wildman–Crippen LogP) is 4.50. The zero-order valence-corrected chi connectivity index (χ0v) is 16.4. The Hall–Kier alpha value is -2.73. The number of nitrogens with zero attached hydrogens (tertiary/aromatic N) is 1. The molecule has 1 N–H and O–H groups in total. The van der Waals surface area contributed by atoms with Crippen LogP contribution in [-0.2, 0) is 22.5 Å². The fourth-order valence-electron chi connectivity index (χ4n) is 3.99. The van der Waals surface area contributed by atoms with E-state index in [1.54, 1.807) is 17.0 Å².